The van der Waals surface area contributed by atoms with Crippen molar-refractivity contribution in [1.29, 1.82) is 0 Å². The minimum absolute atomic E-state index is 0.0864. The van der Waals surface area contributed by atoms with E-state index < -0.39 is 0 Å². The molecule has 112 valence electrons. The SMILES string of the molecule is COCCOC1CC(Cc2cc(C(C)(C)C)ncn2)C1. The lowest BCUT2D eigenvalue weighted by Crippen LogP contribution is -2.33. The second-order valence-corrected chi connectivity index (χ2v) is 6.67. The molecule has 1 saturated carbocycles. The highest BCUT2D eigenvalue weighted by Gasteiger charge is 2.30. The Hall–Kier alpha value is -1.00. The molecule has 20 heavy (non-hydrogen) atoms. The number of ether oxygens (including phenoxy) is 2. The zero-order valence-electron chi connectivity index (χ0n) is 13.1. The van der Waals surface area contributed by atoms with Gasteiger partial charge < -0.3 is 9.47 Å². The van der Waals surface area contributed by atoms with Crippen LogP contribution in [0.2, 0.25) is 0 Å². The summed E-state index contributed by atoms with van der Waals surface area (Å²) in [5.41, 5.74) is 2.36. The normalized spacial score (nSPS) is 22.6. The van der Waals surface area contributed by atoms with Gasteiger partial charge in [0.2, 0.25) is 0 Å². The van der Waals surface area contributed by atoms with E-state index in [-0.39, 0.29) is 5.41 Å². The van der Waals surface area contributed by atoms with Crippen LogP contribution < -0.4 is 0 Å². The lowest BCUT2D eigenvalue weighted by molar-refractivity contribution is -0.0472. The van der Waals surface area contributed by atoms with E-state index >= 15 is 0 Å². The fraction of sp³-hybridized carbons (Fsp3) is 0.750. The largest absolute Gasteiger partial charge is 0.382 e. The molecular weight excluding hydrogens is 252 g/mol. The highest BCUT2D eigenvalue weighted by molar-refractivity contribution is 5.16. The molecule has 1 aromatic rings. The van der Waals surface area contributed by atoms with Gasteiger partial charge in [-0.05, 0) is 31.2 Å². The summed E-state index contributed by atoms with van der Waals surface area (Å²) in [6.45, 7) is 7.93. The van der Waals surface area contributed by atoms with Crippen molar-refractivity contribution in [2.45, 2.75) is 51.6 Å². The molecule has 0 amide bonds. The van der Waals surface area contributed by atoms with E-state index in [0.717, 1.165) is 30.7 Å². The zero-order chi connectivity index (χ0) is 14.6. The highest BCUT2D eigenvalue weighted by atomic mass is 16.5. The van der Waals surface area contributed by atoms with Crippen LogP contribution in [0.25, 0.3) is 0 Å². The first-order valence-corrected chi connectivity index (χ1v) is 7.41. The molecule has 1 aromatic heterocycles. The molecule has 0 unspecified atom stereocenters. The van der Waals surface area contributed by atoms with Crippen LogP contribution >= 0.6 is 0 Å². The average Bonchev–Trinajstić information content (AvgIpc) is 2.35. The van der Waals surface area contributed by atoms with Crippen molar-refractivity contribution in [3.63, 3.8) is 0 Å². The third-order valence-corrected chi connectivity index (χ3v) is 3.82. The molecule has 0 radical (unpaired) electrons. The van der Waals surface area contributed by atoms with Gasteiger partial charge in [-0.1, -0.05) is 20.8 Å². The first kappa shape index (κ1) is 15.4. The summed E-state index contributed by atoms with van der Waals surface area (Å²) in [6.07, 6.45) is 5.42. The van der Waals surface area contributed by atoms with E-state index in [4.69, 9.17) is 9.47 Å². The number of methoxy groups -OCH3 is 1. The van der Waals surface area contributed by atoms with Gasteiger partial charge in [-0.3, -0.25) is 0 Å². The van der Waals surface area contributed by atoms with Crippen molar-refractivity contribution >= 4 is 0 Å². The summed E-state index contributed by atoms with van der Waals surface area (Å²) < 4.78 is 10.7. The molecule has 0 spiro atoms. The van der Waals surface area contributed by atoms with Gasteiger partial charge in [0, 0.05) is 23.9 Å². The van der Waals surface area contributed by atoms with Gasteiger partial charge in [-0.15, -0.1) is 0 Å². The molecule has 0 atom stereocenters. The molecule has 0 bridgehead atoms. The third-order valence-electron chi connectivity index (χ3n) is 3.82. The highest BCUT2D eigenvalue weighted by Crippen LogP contribution is 2.33. The van der Waals surface area contributed by atoms with Crippen LogP contribution in [0.4, 0.5) is 0 Å². The quantitative estimate of drug-likeness (QED) is 0.751. The summed E-state index contributed by atoms with van der Waals surface area (Å²) >= 11 is 0. The molecule has 1 aliphatic carbocycles. The summed E-state index contributed by atoms with van der Waals surface area (Å²) in [4.78, 5) is 8.78. The van der Waals surface area contributed by atoms with Crippen LogP contribution in [0.1, 0.15) is 45.0 Å². The van der Waals surface area contributed by atoms with Crippen molar-refractivity contribution in [3.8, 4) is 0 Å². The number of hydrogen-bond acceptors (Lipinski definition) is 4. The van der Waals surface area contributed by atoms with E-state index in [0.29, 0.717) is 25.2 Å². The second kappa shape index (κ2) is 6.64. The summed E-state index contributed by atoms with van der Waals surface area (Å²) in [5, 5.41) is 0. The van der Waals surface area contributed by atoms with Crippen molar-refractivity contribution in [2.24, 2.45) is 5.92 Å². The topological polar surface area (TPSA) is 44.2 Å². The molecular formula is C16H26N2O2. The van der Waals surface area contributed by atoms with Gasteiger partial charge >= 0.3 is 0 Å². The summed E-state index contributed by atoms with van der Waals surface area (Å²) in [7, 11) is 1.70. The number of hydrogen-bond donors (Lipinski definition) is 0. The molecule has 4 nitrogen and oxygen atoms in total. The smallest absolute Gasteiger partial charge is 0.115 e. The van der Waals surface area contributed by atoms with E-state index in [9.17, 15) is 0 Å². The van der Waals surface area contributed by atoms with Gasteiger partial charge in [-0.2, -0.15) is 0 Å². The molecule has 0 N–H and O–H groups in total. The van der Waals surface area contributed by atoms with Gasteiger partial charge in [0.05, 0.1) is 19.3 Å². The molecule has 0 saturated heterocycles. The first-order valence-electron chi connectivity index (χ1n) is 7.41. The third kappa shape index (κ3) is 4.25. The Morgan fingerprint density at radius 2 is 1.95 bits per heavy atom. The molecule has 1 aliphatic rings. The van der Waals surface area contributed by atoms with Gasteiger partial charge in [-0.25, -0.2) is 9.97 Å². The average molecular weight is 278 g/mol. The lowest BCUT2D eigenvalue weighted by atomic mass is 9.79. The van der Waals surface area contributed by atoms with Gasteiger partial charge in [0.25, 0.3) is 0 Å². The molecule has 1 heterocycles. The number of nitrogens with zero attached hydrogens (tertiary/aromatic N) is 2. The van der Waals surface area contributed by atoms with E-state index in [2.05, 4.69) is 36.8 Å². The van der Waals surface area contributed by atoms with Crippen molar-refractivity contribution in [3.05, 3.63) is 23.8 Å². The molecule has 0 aliphatic heterocycles. The Morgan fingerprint density at radius 1 is 1.20 bits per heavy atom. The second-order valence-electron chi connectivity index (χ2n) is 6.67. The van der Waals surface area contributed by atoms with Gasteiger partial charge in [0.15, 0.2) is 0 Å². The Bertz CT molecular complexity index is 423. The maximum atomic E-state index is 5.71. The fourth-order valence-corrected chi connectivity index (χ4v) is 2.49. The maximum absolute atomic E-state index is 5.71. The molecule has 2 rings (SSSR count). The Kier molecular flexibility index (Phi) is 5.11. The minimum atomic E-state index is 0.0864. The van der Waals surface area contributed by atoms with E-state index in [1.54, 1.807) is 13.4 Å². The van der Waals surface area contributed by atoms with Crippen molar-refractivity contribution in [2.75, 3.05) is 20.3 Å². The van der Waals surface area contributed by atoms with E-state index in [1.165, 1.54) is 0 Å². The predicted molar refractivity (Wildman–Crippen MR) is 78.8 cm³/mol. The van der Waals surface area contributed by atoms with Crippen molar-refractivity contribution < 1.29 is 9.47 Å². The summed E-state index contributed by atoms with van der Waals surface area (Å²) in [5.74, 6) is 0.699. The predicted octanol–water partition coefficient (Wildman–Crippen LogP) is 2.76. The Labute approximate surface area is 121 Å². The molecule has 4 heteroatoms. The number of aromatic nitrogens is 2. The summed E-state index contributed by atoms with van der Waals surface area (Å²) in [6, 6.07) is 2.15. The van der Waals surface area contributed by atoms with Crippen LogP contribution in [0.5, 0.6) is 0 Å². The number of rotatable bonds is 6. The van der Waals surface area contributed by atoms with E-state index in [1.807, 2.05) is 0 Å². The monoisotopic (exact) mass is 278 g/mol. The van der Waals surface area contributed by atoms with Crippen LogP contribution in [-0.4, -0.2) is 36.4 Å². The molecule has 0 aromatic carbocycles. The molecule has 1 fully saturated rings. The lowest BCUT2D eigenvalue weighted by Gasteiger charge is -2.35. The Balaban J connectivity index is 1.78. The van der Waals surface area contributed by atoms with Crippen LogP contribution in [0.3, 0.4) is 0 Å². The standard InChI is InChI=1S/C16H26N2O2/c1-16(2,3)15-10-13(17-11-18-15)7-12-8-14(9-12)20-6-5-19-4/h10-12,14H,5-9H2,1-4H3. The van der Waals surface area contributed by atoms with Crippen LogP contribution in [0, 0.1) is 5.92 Å². The van der Waals surface area contributed by atoms with Crippen LogP contribution in [0.15, 0.2) is 12.4 Å². The van der Waals surface area contributed by atoms with Gasteiger partial charge in [0.1, 0.15) is 6.33 Å². The van der Waals surface area contributed by atoms with Crippen molar-refractivity contribution in [1.82, 2.24) is 9.97 Å². The fourth-order valence-electron chi connectivity index (χ4n) is 2.49. The van der Waals surface area contributed by atoms with Crippen LogP contribution in [-0.2, 0) is 21.3 Å². The minimum Gasteiger partial charge on any atom is -0.382 e. The maximum Gasteiger partial charge on any atom is 0.115 e. The first-order chi connectivity index (χ1) is 9.49. The zero-order valence-corrected chi connectivity index (χ0v) is 13.1. The Morgan fingerprint density at radius 3 is 2.60 bits per heavy atom.